The second-order valence-corrected chi connectivity index (χ2v) is 5.43. The van der Waals surface area contributed by atoms with Crippen LogP contribution in [0.2, 0.25) is 0 Å². The lowest BCUT2D eigenvalue weighted by atomic mass is 10.3. The molecule has 2 rings (SSSR count). The molecule has 0 aliphatic carbocycles. The summed E-state index contributed by atoms with van der Waals surface area (Å²) in [5, 5.41) is -0.130. The zero-order valence-corrected chi connectivity index (χ0v) is 10.8. The third kappa shape index (κ3) is 2.90. The molecule has 2 aromatic rings. The summed E-state index contributed by atoms with van der Waals surface area (Å²) in [6.45, 7) is 1.82. The molecule has 0 amide bonds. The zero-order chi connectivity index (χ0) is 14.0. The van der Waals surface area contributed by atoms with Crippen LogP contribution in [0.15, 0.2) is 29.4 Å². The number of nitrogens with one attached hydrogen (secondary N) is 2. The van der Waals surface area contributed by atoms with Gasteiger partial charge in [0.05, 0.1) is 11.9 Å². The molecule has 0 saturated heterocycles. The Kier molecular flexibility index (Phi) is 3.52. The van der Waals surface area contributed by atoms with Crippen molar-refractivity contribution in [2.24, 2.45) is 0 Å². The second-order valence-electron chi connectivity index (χ2n) is 3.78. The number of H-pyrrole nitrogens is 1. The van der Waals surface area contributed by atoms with Crippen LogP contribution in [0.1, 0.15) is 12.7 Å². The smallest absolute Gasteiger partial charge is 0.278 e. The Bertz CT molecular complexity index is 698. The predicted molar refractivity (Wildman–Crippen MR) is 65.1 cm³/mol. The maximum absolute atomic E-state index is 13.0. The summed E-state index contributed by atoms with van der Waals surface area (Å²) >= 11 is 0. The Morgan fingerprint density at radius 2 is 2.05 bits per heavy atom. The van der Waals surface area contributed by atoms with Crippen LogP contribution < -0.4 is 4.72 Å². The standard InChI is InChI=1S/C11H11F2N3O2S/c1-2-10-14-6-11(15-10)19(17,18)16-7-3-4-8(12)9(13)5-7/h3-6,16H,2H2,1H3,(H,14,15). The van der Waals surface area contributed by atoms with Gasteiger partial charge in [-0.3, -0.25) is 4.72 Å². The first-order chi connectivity index (χ1) is 8.92. The average molecular weight is 287 g/mol. The van der Waals surface area contributed by atoms with Crippen molar-refractivity contribution in [1.29, 1.82) is 0 Å². The number of benzene rings is 1. The molecular formula is C11H11F2N3O2S. The molecule has 19 heavy (non-hydrogen) atoms. The normalized spacial score (nSPS) is 11.5. The molecule has 0 spiro atoms. The Morgan fingerprint density at radius 1 is 1.32 bits per heavy atom. The number of nitrogens with zero attached hydrogens (tertiary/aromatic N) is 1. The highest BCUT2D eigenvalue weighted by molar-refractivity contribution is 7.92. The molecule has 0 unspecified atom stereocenters. The first-order valence-corrected chi connectivity index (χ1v) is 6.92. The van der Waals surface area contributed by atoms with Gasteiger partial charge in [0.25, 0.3) is 10.0 Å². The minimum Gasteiger partial charge on any atom is -0.332 e. The number of aryl methyl sites for hydroxylation is 1. The third-order valence-electron chi connectivity index (χ3n) is 2.40. The Hall–Kier alpha value is -1.96. The van der Waals surface area contributed by atoms with Crippen LogP contribution in [0.4, 0.5) is 14.5 Å². The third-order valence-corrected chi connectivity index (χ3v) is 3.69. The number of sulfonamides is 1. The molecule has 0 bridgehead atoms. The van der Waals surface area contributed by atoms with E-state index in [1.165, 1.54) is 6.20 Å². The summed E-state index contributed by atoms with van der Waals surface area (Å²) in [6.07, 6.45) is 1.72. The van der Waals surface area contributed by atoms with E-state index in [2.05, 4.69) is 14.7 Å². The maximum Gasteiger partial charge on any atom is 0.278 e. The van der Waals surface area contributed by atoms with Gasteiger partial charge in [-0.15, -0.1) is 0 Å². The second kappa shape index (κ2) is 4.96. The molecule has 1 aromatic carbocycles. The lowest BCUT2D eigenvalue weighted by molar-refractivity contribution is 0.509. The van der Waals surface area contributed by atoms with Crippen molar-refractivity contribution in [1.82, 2.24) is 9.97 Å². The van der Waals surface area contributed by atoms with Gasteiger partial charge in [-0.25, -0.2) is 13.8 Å². The summed E-state index contributed by atoms with van der Waals surface area (Å²) in [7, 11) is -3.89. The lowest BCUT2D eigenvalue weighted by Crippen LogP contribution is -2.13. The fourth-order valence-electron chi connectivity index (χ4n) is 1.43. The van der Waals surface area contributed by atoms with Crippen LogP contribution in [-0.4, -0.2) is 18.4 Å². The molecule has 0 fully saturated rings. The molecule has 0 aliphatic rings. The molecule has 2 N–H and O–H groups in total. The summed E-state index contributed by atoms with van der Waals surface area (Å²) in [6, 6.07) is 2.74. The minimum atomic E-state index is -3.89. The molecule has 0 aliphatic heterocycles. The fraction of sp³-hybridized carbons (Fsp3) is 0.182. The number of rotatable bonds is 4. The molecule has 1 aromatic heterocycles. The van der Waals surface area contributed by atoms with Gasteiger partial charge in [0.2, 0.25) is 0 Å². The molecule has 102 valence electrons. The number of hydrogen-bond donors (Lipinski definition) is 2. The average Bonchev–Trinajstić information content (AvgIpc) is 2.83. The monoisotopic (exact) mass is 287 g/mol. The highest BCUT2D eigenvalue weighted by Crippen LogP contribution is 2.17. The zero-order valence-electron chi connectivity index (χ0n) is 9.94. The Morgan fingerprint density at radius 3 is 2.63 bits per heavy atom. The molecule has 1 heterocycles. The number of imidazole rings is 1. The molecule has 0 saturated carbocycles. The molecular weight excluding hydrogens is 276 g/mol. The lowest BCUT2D eigenvalue weighted by Gasteiger charge is -2.06. The van der Waals surface area contributed by atoms with Gasteiger partial charge in [-0.2, -0.15) is 8.42 Å². The summed E-state index contributed by atoms with van der Waals surface area (Å²) in [5.74, 6) is -1.65. The van der Waals surface area contributed by atoms with Crippen molar-refractivity contribution < 1.29 is 17.2 Å². The van der Waals surface area contributed by atoms with Crippen molar-refractivity contribution >= 4 is 15.7 Å². The Labute approximate surface area is 108 Å². The predicted octanol–water partition coefficient (Wildman–Crippen LogP) is 2.05. The van der Waals surface area contributed by atoms with E-state index in [1.807, 2.05) is 6.92 Å². The van der Waals surface area contributed by atoms with E-state index in [0.29, 0.717) is 12.2 Å². The van der Waals surface area contributed by atoms with Crippen molar-refractivity contribution in [3.05, 3.63) is 41.9 Å². The Balaban J connectivity index is 2.28. The molecule has 5 nitrogen and oxygen atoms in total. The van der Waals surface area contributed by atoms with Crippen LogP contribution in [0.5, 0.6) is 0 Å². The topological polar surface area (TPSA) is 74.8 Å². The van der Waals surface area contributed by atoms with E-state index in [0.717, 1.165) is 18.2 Å². The van der Waals surface area contributed by atoms with E-state index in [9.17, 15) is 17.2 Å². The van der Waals surface area contributed by atoms with Gasteiger partial charge in [0, 0.05) is 12.5 Å². The van der Waals surface area contributed by atoms with Gasteiger partial charge < -0.3 is 4.98 Å². The number of hydrogen-bond acceptors (Lipinski definition) is 3. The number of anilines is 1. The van der Waals surface area contributed by atoms with E-state index in [1.54, 1.807) is 0 Å². The van der Waals surface area contributed by atoms with Crippen LogP contribution in [-0.2, 0) is 16.4 Å². The molecule has 0 atom stereocenters. The summed E-state index contributed by atoms with van der Waals surface area (Å²) in [4.78, 5) is 6.49. The quantitative estimate of drug-likeness (QED) is 0.903. The highest BCUT2D eigenvalue weighted by Gasteiger charge is 2.17. The summed E-state index contributed by atoms with van der Waals surface area (Å²) in [5.41, 5.74) is -0.0634. The largest absolute Gasteiger partial charge is 0.332 e. The fourth-order valence-corrected chi connectivity index (χ4v) is 2.42. The van der Waals surface area contributed by atoms with Crippen LogP contribution in [0.25, 0.3) is 0 Å². The van der Waals surface area contributed by atoms with E-state index in [-0.39, 0.29) is 10.7 Å². The number of aromatic amines is 1. The van der Waals surface area contributed by atoms with Gasteiger partial charge in [0.15, 0.2) is 16.7 Å². The number of halogens is 2. The molecule has 0 radical (unpaired) electrons. The van der Waals surface area contributed by atoms with Gasteiger partial charge in [-0.1, -0.05) is 6.92 Å². The highest BCUT2D eigenvalue weighted by atomic mass is 32.2. The van der Waals surface area contributed by atoms with Crippen molar-refractivity contribution in [3.8, 4) is 0 Å². The van der Waals surface area contributed by atoms with E-state index in [4.69, 9.17) is 0 Å². The van der Waals surface area contributed by atoms with E-state index < -0.39 is 21.7 Å². The van der Waals surface area contributed by atoms with Crippen LogP contribution in [0.3, 0.4) is 0 Å². The molecule has 8 heteroatoms. The maximum atomic E-state index is 13.0. The van der Waals surface area contributed by atoms with Crippen molar-refractivity contribution in [3.63, 3.8) is 0 Å². The van der Waals surface area contributed by atoms with Crippen molar-refractivity contribution in [2.45, 2.75) is 18.4 Å². The van der Waals surface area contributed by atoms with Gasteiger partial charge in [-0.05, 0) is 12.1 Å². The number of aromatic nitrogens is 2. The van der Waals surface area contributed by atoms with Gasteiger partial charge >= 0.3 is 0 Å². The first-order valence-electron chi connectivity index (χ1n) is 5.44. The van der Waals surface area contributed by atoms with Gasteiger partial charge in [0.1, 0.15) is 5.82 Å². The minimum absolute atomic E-state index is 0.0634. The first kappa shape index (κ1) is 13.5. The van der Waals surface area contributed by atoms with Crippen molar-refractivity contribution in [2.75, 3.05) is 4.72 Å². The van der Waals surface area contributed by atoms with Crippen LogP contribution in [0, 0.1) is 11.6 Å². The van der Waals surface area contributed by atoms with Crippen LogP contribution >= 0.6 is 0 Å². The van der Waals surface area contributed by atoms with E-state index >= 15 is 0 Å². The SMILES string of the molecule is CCc1ncc(S(=O)(=O)Nc2ccc(F)c(F)c2)[nH]1. The summed E-state index contributed by atoms with van der Waals surface area (Å²) < 4.78 is 51.7.